The zero-order valence-electron chi connectivity index (χ0n) is 14.7. The molecule has 2 aromatic rings. The van der Waals surface area contributed by atoms with E-state index in [2.05, 4.69) is 12.2 Å². The Balaban J connectivity index is 1.40. The lowest BCUT2D eigenvalue weighted by atomic mass is 9.85. The van der Waals surface area contributed by atoms with Crippen molar-refractivity contribution in [1.82, 2.24) is 0 Å². The Hall–Kier alpha value is -2.92. The van der Waals surface area contributed by atoms with Crippen LogP contribution in [0.25, 0.3) is 0 Å². The highest BCUT2D eigenvalue weighted by molar-refractivity contribution is 6.30. The molecule has 1 saturated carbocycles. The average Bonchev–Trinajstić information content (AvgIpc) is 3.37. The van der Waals surface area contributed by atoms with Gasteiger partial charge in [0.15, 0.2) is 0 Å². The standard InChI is InChI=1S/C22H16ClNO4/c23-15-6-8-17(9-7-15)28-22(27)14-2-1-3-16(11-14)24-20(25)18-12-4-5-13(10-12)19(18)21(24)26/h1-9,11-13,18-19H,10H2/t12-,13-,18-,19-/m0/s1. The molecule has 2 bridgehead atoms. The maximum absolute atomic E-state index is 12.9. The summed E-state index contributed by atoms with van der Waals surface area (Å²) in [7, 11) is 0. The second-order valence-corrected chi connectivity index (χ2v) is 7.84. The number of anilines is 1. The van der Waals surface area contributed by atoms with Crippen molar-refractivity contribution in [3.05, 3.63) is 71.3 Å². The largest absolute Gasteiger partial charge is 0.423 e. The highest BCUT2D eigenvalue weighted by atomic mass is 35.5. The van der Waals surface area contributed by atoms with Gasteiger partial charge in [0.25, 0.3) is 0 Å². The van der Waals surface area contributed by atoms with E-state index in [9.17, 15) is 14.4 Å². The van der Waals surface area contributed by atoms with Gasteiger partial charge >= 0.3 is 5.97 Å². The van der Waals surface area contributed by atoms with Crippen LogP contribution in [0, 0.1) is 23.7 Å². The van der Waals surface area contributed by atoms with Crippen LogP contribution in [0.5, 0.6) is 5.75 Å². The Labute approximate surface area is 166 Å². The molecule has 1 saturated heterocycles. The molecule has 5 rings (SSSR count). The SMILES string of the molecule is O=C(Oc1ccc(Cl)cc1)c1cccc(N2C(=O)[C@@H]3[C@@H](C2=O)[C@H]2C=C[C@H]3C2)c1. The van der Waals surface area contributed by atoms with E-state index in [1.54, 1.807) is 42.5 Å². The van der Waals surface area contributed by atoms with Gasteiger partial charge in [-0.3, -0.25) is 9.59 Å². The van der Waals surface area contributed by atoms with Crippen LogP contribution in [0.3, 0.4) is 0 Å². The normalized spacial score (nSPS) is 27.4. The molecule has 2 amide bonds. The Morgan fingerprint density at radius 2 is 1.61 bits per heavy atom. The number of halogens is 1. The summed E-state index contributed by atoms with van der Waals surface area (Å²) in [6.07, 6.45) is 4.99. The van der Waals surface area contributed by atoms with Gasteiger partial charge in [-0.15, -0.1) is 0 Å². The highest BCUT2D eigenvalue weighted by Gasteiger charge is 2.59. The minimum Gasteiger partial charge on any atom is -0.423 e. The van der Waals surface area contributed by atoms with E-state index in [1.165, 1.54) is 11.0 Å². The number of esters is 1. The molecule has 2 aromatic carbocycles. The van der Waals surface area contributed by atoms with Gasteiger partial charge in [-0.1, -0.05) is 29.8 Å². The number of hydrogen-bond donors (Lipinski definition) is 0. The third kappa shape index (κ3) is 2.58. The quantitative estimate of drug-likeness (QED) is 0.343. The Kier molecular flexibility index (Phi) is 3.88. The summed E-state index contributed by atoms with van der Waals surface area (Å²) in [5.41, 5.74) is 0.681. The fourth-order valence-electron chi connectivity index (χ4n) is 4.60. The molecule has 0 unspecified atom stereocenters. The lowest BCUT2D eigenvalue weighted by molar-refractivity contribution is -0.123. The number of allylic oxidation sites excluding steroid dienone is 2. The third-order valence-corrected chi connectivity index (χ3v) is 6.09. The van der Waals surface area contributed by atoms with Crippen molar-refractivity contribution in [2.24, 2.45) is 23.7 Å². The first kappa shape index (κ1) is 17.2. The minimum atomic E-state index is -0.565. The molecule has 1 heterocycles. The molecule has 140 valence electrons. The first-order valence-electron chi connectivity index (χ1n) is 9.17. The topological polar surface area (TPSA) is 63.7 Å². The maximum Gasteiger partial charge on any atom is 0.343 e. The lowest BCUT2D eigenvalue weighted by Gasteiger charge is -2.18. The molecule has 0 aromatic heterocycles. The van der Waals surface area contributed by atoms with E-state index >= 15 is 0 Å². The predicted molar refractivity (Wildman–Crippen MR) is 103 cm³/mol. The Morgan fingerprint density at radius 1 is 0.964 bits per heavy atom. The van der Waals surface area contributed by atoms with Gasteiger partial charge in [-0.05, 0) is 60.7 Å². The first-order valence-corrected chi connectivity index (χ1v) is 9.54. The summed E-state index contributed by atoms with van der Waals surface area (Å²) in [4.78, 5) is 39.6. The molecule has 28 heavy (non-hydrogen) atoms. The van der Waals surface area contributed by atoms with Gasteiger partial charge in [0.05, 0.1) is 23.1 Å². The van der Waals surface area contributed by atoms with Crippen molar-refractivity contribution >= 4 is 35.1 Å². The van der Waals surface area contributed by atoms with Crippen molar-refractivity contribution in [1.29, 1.82) is 0 Å². The van der Waals surface area contributed by atoms with Crippen LogP contribution in [-0.4, -0.2) is 17.8 Å². The summed E-state index contributed by atoms with van der Waals surface area (Å²) in [6.45, 7) is 0. The van der Waals surface area contributed by atoms with Gasteiger partial charge in [0.2, 0.25) is 11.8 Å². The van der Waals surface area contributed by atoms with Crippen LogP contribution in [-0.2, 0) is 9.59 Å². The second kappa shape index (κ2) is 6.31. The van der Waals surface area contributed by atoms with Crippen molar-refractivity contribution in [3.63, 3.8) is 0 Å². The Morgan fingerprint density at radius 3 is 2.25 bits per heavy atom. The van der Waals surface area contributed by atoms with E-state index in [1.807, 2.05) is 0 Å². The number of carbonyl (C=O) groups excluding carboxylic acids is 3. The van der Waals surface area contributed by atoms with Crippen molar-refractivity contribution in [3.8, 4) is 5.75 Å². The zero-order chi connectivity index (χ0) is 19.4. The van der Waals surface area contributed by atoms with Gasteiger partial charge in [0, 0.05) is 5.02 Å². The van der Waals surface area contributed by atoms with Crippen molar-refractivity contribution in [2.75, 3.05) is 4.90 Å². The number of ether oxygens (including phenoxy) is 1. The summed E-state index contributed by atoms with van der Waals surface area (Å²) in [5, 5.41) is 0.543. The molecular formula is C22H16ClNO4. The molecule has 1 aliphatic heterocycles. The van der Waals surface area contributed by atoms with Crippen LogP contribution in [0.15, 0.2) is 60.7 Å². The molecule has 3 aliphatic rings. The number of fused-ring (bicyclic) bond motifs is 5. The van der Waals surface area contributed by atoms with Gasteiger partial charge in [-0.2, -0.15) is 0 Å². The van der Waals surface area contributed by atoms with Crippen LogP contribution >= 0.6 is 11.6 Å². The Bertz CT molecular complexity index is 999. The molecule has 2 aliphatic carbocycles. The summed E-state index contributed by atoms with van der Waals surface area (Å²) >= 11 is 5.84. The number of benzene rings is 2. The van der Waals surface area contributed by atoms with Crippen LogP contribution in [0.4, 0.5) is 5.69 Å². The summed E-state index contributed by atoms with van der Waals surface area (Å²) < 4.78 is 5.35. The van der Waals surface area contributed by atoms with Crippen molar-refractivity contribution < 1.29 is 19.1 Å². The second-order valence-electron chi connectivity index (χ2n) is 7.41. The fourth-order valence-corrected chi connectivity index (χ4v) is 4.72. The molecule has 0 N–H and O–H groups in total. The number of rotatable bonds is 3. The molecule has 0 radical (unpaired) electrons. The number of amides is 2. The number of hydrogen-bond acceptors (Lipinski definition) is 4. The number of imide groups is 1. The summed E-state index contributed by atoms with van der Waals surface area (Å²) in [5.74, 6) is -0.788. The molecular weight excluding hydrogens is 378 g/mol. The first-order chi connectivity index (χ1) is 13.5. The lowest BCUT2D eigenvalue weighted by Crippen LogP contribution is -2.33. The molecule has 2 fully saturated rings. The van der Waals surface area contributed by atoms with Gasteiger partial charge in [-0.25, -0.2) is 9.69 Å². The molecule has 6 heteroatoms. The fraction of sp³-hybridized carbons (Fsp3) is 0.227. The van der Waals surface area contributed by atoms with Gasteiger partial charge < -0.3 is 4.74 Å². The average molecular weight is 394 g/mol. The summed E-state index contributed by atoms with van der Waals surface area (Å²) in [6, 6.07) is 12.9. The molecule has 5 nitrogen and oxygen atoms in total. The monoisotopic (exact) mass is 393 g/mol. The maximum atomic E-state index is 12.9. The minimum absolute atomic E-state index is 0.148. The molecule has 4 atom stereocenters. The zero-order valence-corrected chi connectivity index (χ0v) is 15.5. The van der Waals surface area contributed by atoms with E-state index in [0.29, 0.717) is 16.5 Å². The highest BCUT2D eigenvalue weighted by Crippen LogP contribution is 2.53. The van der Waals surface area contributed by atoms with Crippen LogP contribution in [0.1, 0.15) is 16.8 Å². The molecule has 0 spiro atoms. The van der Waals surface area contributed by atoms with Gasteiger partial charge in [0.1, 0.15) is 5.75 Å². The third-order valence-electron chi connectivity index (χ3n) is 5.83. The number of carbonyl (C=O) groups is 3. The van der Waals surface area contributed by atoms with Crippen molar-refractivity contribution in [2.45, 2.75) is 6.42 Å². The van der Waals surface area contributed by atoms with Crippen LogP contribution < -0.4 is 9.64 Å². The van der Waals surface area contributed by atoms with E-state index in [4.69, 9.17) is 16.3 Å². The van der Waals surface area contributed by atoms with E-state index in [-0.39, 0.29) is 41.0 Å². The van der Waals surface area contributed by atoms with E-state index in [0.717, 1.165) is 6.42 Å². The van der Waals surface area contributed by atoms with Crippen LogP contribution in [0.2, 0.25) is 5.02 Å². The number of nitrogens with zero attached hydrogens (tertiary/aromatic N) is 1. The van der Waals surface area contributed by atoms with E-state index < -0.39 is 5.97 Å². The predicted octanol–water partition coefficient (Wildman–Crippen LogP) is 3.87. The smallest absolute Gasteiger partial charge is 0.343 e.